The Hall–Kier alpha value is -3.04. The number of fused-ring (bicyclic) bond motifs is 1. The Bertz CT molecular complexity index is 1170. The standard InChI is InChI=1S/C23H17ClO3/c1-14-11-23(25)27-22-13-21(16-5-9-18(26-2)10-6-16)20(12-19(14)22)15-3-7-17(24)8-4-15/h3-13H,1-2H3. The van der Waals surface area contributed by atoms with Crippen molar-refractivity contribution < 1.29 is 9.15 Å². The first-order chi connectivity index (χ1) is 13.0. The highest BCUT2D eigenvalue weighted by Crippen LogP contribution is 2.37. The fourth-order valence-corrected chi connectivity index (χ4v) is 3.37. The van der Waals surface area contributed by atoms with Crippen molar-refractivity contribution in [2.75, 3.05) is 7.11 Å². The summed E-state index contributed by atoms with van der Waals surface area (Å²) in [4.78, 5) is 11.8. The van der Waals surface area contributed by atoms with Crippen LogP contribution in [0.1, 0.15) is 5.56 Å². The van der Waals surface area contributed by atoms with Gasteiger partial charge in [0.1, 0.15) is 11.3 Å². The van der Waals surface area contributed by atoms with Gasteiger partial charge in [-0.1, -0.05) is 35.9 Å². The molecule has 3 nitrogen and oxygen atoms in total. The maximum absolute atomic E-state index is 11.8. The quantitative estimate of drug-likeness (QED) is 0.406. The zero-order valence-corrected chi connectivity index (χ0v) is 15.7. The van der Waals surface area contributed by atoms with Crippen LogP contribution in [0, 0.1) is 6.92 Å². The van der Waals surface area contributed by atoms with Crippen molar-refractivity contribution in [1.82, 2.24) is 0 Å². The molecule has 0 fully saturated rings. The highest BCUT2D eigenvalue weighted by molar-refractivity contribution is 6.30. The number of aryl methyl sites for hydroxylation is 1. The fraction of sp³-hybridized carbons (Fsp3) is 0.0870. The number of rotatable bonds is 3. The Balaban J connectivity index is 2.02. The fourth-order valence-electron chi connectivity index (χ4n) is 3.24. The molecule has 134 valence electrons. The van der Waals surface area contributed by atoms with Gasteiger partial charge >= 0.3 is 5.63 Å². The Morgan fingerprint density at radius 3 is 2.07 bits per heavy atom. The number of methoxy groups -OCH3 is 1. The molecule has 0 atom stereocenters. The van der Waals surface area contributed by atoms with Crippen LogP contribution in [-0.4, -0.2) is 7.11 Å². The molecule has 3 aromatic carbocycles. The minimum absolute atomic E-state index is 0.347. The van der Waals surface area contributed by atoms with Gasteiger partial charge in [-0.3, -0.25) is 0 Å². The molecule has 0 radical (unpaired) electrons. The molecule has 0 aliphatic heterocycles. The molecule has 4 aromatic rings. The molecule has 0 saturated heterocycles. The molecule has 0 N–H and O–H groups in total. The third kappa shape index (κ3) is 3.34. The molecular formula is C23H17ClO3. The van der Waals surface area contributed by atoms with Gasteiger partial charge in [-0.2, -0.15) is 0 Å². The second-order valence-corrected chi connectivity index (χ2v) is 6.81. The Morgan fingerprint density at radius 1 is 0.852 bits per heavy atom. The minimum atomic E-state index is -0.347. The number of benzene rings is 3. The second kappa shape index (κ2) is 6.93. The van der Waals surface area contributed by atoms with E-state index in [2.05, 4.69) is 6.07 Å². The predicted molar refractivity (Wildman–Crippen MR) is 110 cm³/mol. The van der Waals surface area contributed by atoms with E-state index in [9.17, 15) is 4.79 Å². The maximum Gasteiger partial charge on any atom is 0.336 e. The molecule has 0 aliphatic rings. The van der Waals surface area contributed by atoms with Crippen LogP contribution in [0.3, 0.4) is 0 Å². The zero-order valence-electron chi connectivity index (χ0n) is 15.0. The molecule has 0 unspecified atom stereocenters. The smallest absolute Gasteiger partial charge is 0.336 e. The van der Waals surface area contributed by atoms with Crippen molar-refractivity contribution in [3.8, 4) is 28.0 Å². The maximum atomic E-state index is 11.8. The van der Waals surface area contributed by atoms with Crippen molar-refractivity contribution in [3.05, 3.63) is 87.7 Å². The molecule has 4 rings (SSSR count). The van der Waals surface area contributed by atoms with E-state index in [4.69, 9.17) is 20.8 Å². The molecule has 4 heteroatoms. The monoisotopic (exact) mass is 376 g/mol. The molecular weight excluding hydrogens is 360 g/mol. The van der Waals surface area contributed by atoms with Gasteiger partial charge in [-0.25, -0.2) is 4.79 Å². The number of hydrogen-bond donors (Lipinski definition) is 0. The van der Waals surface area contributed by atoms with Crippen molar-refractivity contribution in [2.24, 2.45) is 0 Å². The molecule has 27 heavy (non-hydrogen) atoms. The molecule has 1 aromatic heterocycles. The van der Waals surface area contributed by atoms with Crippen LogP contribution < -0.4 is 10.4 Å². The molecule has 0 amide bonds. The molecule has 0 bridgehead atoms. The molecule has 0 spiro atoms. The first kappa shape index (κ1) is 17.4. The summed E-state index contributed by atoms with van der Waals surface area (Å²) in [5, 5.41) is 1.60. The summed E-state index contributed by atoms with van der Waals surface area (Å²) in [6.07, 6.45) is 0. The zero-order chi connectivity index (χ0) is 19.0. The summed E-state index contributed by atoms with van der Waals surface area (Å²) in [7, 11) is 1.64. The second-order valence-electron chi connectivity index (χ2n) is 6.38. The van der Waals surface area contributed by atoms with Gasteiger partial charge in [0.15, 0.2) is 0 Å². The van der Waals surface area contributed by atoms with Gasteiger partial charge in [0.2, 0.25) is 0 Å². The number of hydrogen-bond acceptors (Lipinski definition) is 3. The lowest BCUT2D eigenvalue weighted by molar-refractivity contribution is 0.415. The summed E-state index contributed by atoms with van der Waals surface area (Å²) in [6.45, 7) is 1.91. The summed E-state index contributed by atoms with van der Waals surface area (Å²) in [5.41, 5.74) is 5.17. The van der Waals surface area contributed by atoms with Gasteiger partial charge in [0, 0.05) is 16.5 Å². The lowest BCUT2D eigenvalue weighted by Crippen LogP contribution is -1.98. The Labute approximate surface area is 161 Å². The average molecular weight is 377 g/mol. The van der Waals surface area contributed by atoms with Crippen LogP contribution in [-0.2, 0) is 0 Å². The van der Waals surface area contributed by atoms with Gasteiger partial charge in [-0.15, -0.1) is 0 Å². The number of ether oxygens (including phenoxy) is 1. The van der Waals surface area contributed by atoms with E-state index in [1.54, 1.807) is 7.11 Å². The minimum Gasteiger partial charge on any atom is -0.497 e. The highest BCUT2D eigenvalue weighted by Gasteiger charge is 2.13. The van der Waals surface area contributed by atoms with E-state index in [-0.39, 0.29) is 5.63 Å². The van der Waals surface area contributed by atoms with Crippen molar-refractivity contribution >= 4 is 22.6 Å². The molecule has 0 aliphatic carbocycles. The van der Waals surface area contributed by atoms with Crippen LogP contribution in [0.2, 0.25) is 5.02 Å². The Morgan fingerprint density at radius 2 is 1.44 bits per heavy atom. The van der Waals surface area contributed by atoms with E-state index in [0.717, 1.165) is 39.0 Å². The molecule has 0 saturated carbocycles. The van der Waals surface area contributed by atoms with Gasteiger partial charge < -0.3 is 9.15 Å². The SMILES string of the molecule is COc1ccc(-c2cc3oc(=O)cc(C)c3cc2-c2ccc(Cl)cc2)cc1. The van der Waals surface area contributed by atoms with Crippen LogP contribution in [0.4, 0.5) is 0 Å². The lowest BCUT2D eigenvalue weighted by atomic mass is 9.92. The van der Waals surface area contributed by atoms with Gasteiger partial charge in [0.05, 0.1) is 7.11 Å². The van der Waals surface area contributed by atoms with Gasteiger partial charge in [-0.05, 0) is 71.1 Å². The van der Waals surface area contributed by atoms with Crippen molar-refractivity contribution in [3.63, 3.8) is 0 Å². The normalized spacial score (nSPS) is 10.9. The van der Waals surface area contributed by atoms with E-state index in [1.165, 1.54) is 6.07 Å². The lowest BCUT2D eigenvalue weighted by Gasteiger charge is -2.13. The van der Waals surface area contributed by atoms with Crippen LogP contribution in [0.15, 0.2) is 75.9 Å². The first-order valence-electron chi connectivity index (χ1n) is 8.54. The van der Waals surface area contributed by atoms with Crippen molar-refractivity contribution in [2.45, 2.75) is 6.92 Å². The van der Waals surface area contributed by atoms with Crippen LogP contribution >= 0.6 is 11.6 Å². The largest absolute Gasteiger partial charge is 0.497 e. The Kier molecular flexibility index (Phi) is 4.46. The van der Waals surface area contributed by atoms with E-state index < -0.39 is 0 Å². The topological polar surface area (TPSA) is 39.4 Å². The van der Waals surface area contributed by atoms with Crippen molar-refractivity contribution in [1.29, 1.82) is 0 Å². The van der Waals surface area contributed by atoms with E-state index in [1.807, 2.05) is 61.5 Å². The third-order valence-electron chi connectivity index (χ3n) is 4.65. The number of halogens is 1. The summed E-state index contributed by atoms with van der Waals surface area (Å²) in [6, 6.07) is 21.0. The third-order valence-corrected chi connectivity index (χ3v) is 4.90. The van der Waals surface area contributed by atoms with E-state index >= 15 is 0 Å². The van der Waals surface area contributed by atoms with Crippen LogP contribution in [0.25, 0.3) is 33.2 Å². The average Bonchev–Trinajstić information content (AvgIpc) is 2.68. The summed E-state index contributed by atoms with van der Waals surface area (Å²) in [5.74, 6) is 0.787. The predicted octanol–water partition coefficient (Wildman–Crippen LogP) is 6.10. The highest BCUT2D eigenvalue weighted by atomic mass is 35.5. The molecule has 1 heterocycles. The first-order valence-corrected chi connectivity index (χ1v) is 8.92. The summed E-state index contributed by atoms with van der Waals surface area (Å²) < 4.78 is 10.7. The summed E-state index contributed by atoms with van der Waals surface area (Å²) >= 11 is 6.06. The van der Waals surface area contributed by atoms with Gasteiger partial charge in [0.25, 0.3) is 0 Å². The van der Waals surface area contributed by atoms with Crippen LogP contribution in [0.5, 0.6) is 5.75 Å². The van der Waals surface area contributed by atoms with E-state index in [0.29, 0.717) is 10.6 Å².